The molecule has 0 spiro atoms. The summed E-state index contributed by atoms with van der Waals surface area (Å²) in [6.07, 6.45) is 3.01. The second kappa shape index (κ2) is 6.87. The number of hydrogen-bond acceptors (Lipinski definition) is 3. The fourth-order valence-electron chi connectivity index (χ4n) is 1.67. The minimum atomic E-state index is -0.369. The number of halogens is 1. The number of carbonyl (C=O) groups is 1. The predicted octanol–water partition coefficient (Wildman–Crippen LogP) is 3.98. The Kier molecular flexibility index (Phi) is 4.91. The highest BCUT2D eigenvalue weighted by atomic mass is 35.5. The van der Waals surface area contributed by atoms with Crippen molar-refractivity contribution in [2.45, 2.75) is 6.92 Å². The molecule has 0 amide bonds. The molecule has 20 heavy (non-hydrogen) atoms. The van der Waals surface area contributed by atoms with Crippen LogP contribution in [-0.4, -0.2) is 17.6 Å². The fourth-order valence-corrected chi connectivity index (χ4v) is 1.80. The molecular weight excluding hydrogens is 274 g/mol. The van der Waals surface area contributed by atoms with Crippen LogP contribution in [0.5, 0.6) is 0 Å². The van der Waals surface area contributed by atoms with Gasteiger partial charge in [-0.3, -0.25) is 0 Å². The zero-order valence-electron chi connectivity index (χ0n) is 11.0. The van der Waals surface area contributed by atoms with Crippen LogP contribution in [0.25, 0.3) is 17.3 Å². The number of carbonyl (C=O) groups excluding carboxylic acids is 1. The summed E-state index contributed by atoms with van der Waals surface area (Å²) in [5.74, 6) is -0.369. The lowest BCUT2D eigenvalue weighted by molar-refractivity contribution is -0.137. The Balaban J connectivity index is 2.20. The first-order valence-electron chi connectivity index (χ1n) is 6.27. The van der Waals surface area contributed by atoms with Gasteiger partial charge >= 0.3 is 5.97 Å². The van der Waals surface area contributed by atoms with Crippen LogP contribution in [0.2, 0.25) is 5.02 Å². The summed E-state index contributed by atoms with van der Waals surface area (Å²) in [6, 6.07) is 13.1. The third kappa shape index (κ3) is 3.93. The van der Waals surface area contributed by atoms with E-state index in [0.29, 0.717) is 17.3 Å². The van der Waals surface area contributed by atoms with Gasteiger partial charge in [0.1, 0.15) is 0 Å². The number of benzene rings is 1. The lowest BCUT2D eigenvalue weighted by Crippen LogP contribution is -1.98. The standard InChI is InChI=1S/C16H14ClNO2/c1-2-20-16(19)11-10-14-4-3-5-15(18-14)12-6-8-13(17)9-7-12/h3-11H,2H2,1H3. The van der Waals surface area contributed by atoms with Crippen molar-refractivity contribution in [2.24, 2.45) is 0 Å². The van der Waals surface area contributed by atoms with Gasteiger partial charge in [0.25, 0.3) is 0 Å². The molecule has 0 aliphatic carbocycles. The molecule has 1 aromatic carbocycles. The molecule has 102 valence electrons. The van der Waals surface area contributed by atoms with Crippen LogP contribution in [0.3, 0.4) is 0 Å². The first-order chi connectivity index (χ1) is 9.69. The quantitative estimate of drug-likeness (QED) is 0.631. The van der Waals surface area contributed by atoms with E-state index < -0.39 is 0 Å². The summed E-state index contributed by atoms with van der Waals surface area (Å²) in [4.78, 5) is 15.7. The summed E-state index contributed by atoms with van der Waals surface area (Å²) in [5.41, 5.74) is 2.50. The van der Waals surface area contributed by atoms with Crippen molar-refractivity contribution < 1.29 is 9.53 Å². The zero-order valence-corrected chi connectivity index (χ0v) is 11.8. The van der Waals surface area contributed by atoms with E-state index in [1.54, 1.807) is 13.0 Å². The topological polar surface area (TPSA) is 39.2 Å². The molecule has 0 atom stereocenters. The molecule has 2 rings (SSSR count). The SMILES string of the molecule is CCOC(=O)C=Cc1cccc(-c2ccc(Cl)cc2)n1. The zero-order chi connectivity index (χ0) is 14.4. The van der Waals surface area contributed by atoms with E-state index in [1.807, 2.05) is 42.5 Å². The molecular formula is C16H14ClNO2. The molecule has 3 nitrogen and oxygen atoms in total. The summed E-state index contributed by atoms with van der Waals surface area (Å²) >= 11 is 5.86. The molecule has 0 fully saturated rings. The van der Waals surface area contributed by atoms with Gasteiger partial charge < -0.3 is 4.74 Å². The fraction of sp³-hybridized carbons (Fsp3) is 0.125. The first-order valence-corrected chi connectivity index (χ1v) is 6.64. The molecule has 2 aromatic rings. The average molecular weight is 288 g/mol. The van der Waals surface area contributed by atoms with Crippen LogP contribution >= 0.6 is 11.6 Å². The Morgan fingerprint density at radius 3 is 2.70 bits per heavy atom. The van der Waals surface area contributed by atoms with Crippen molar-refractivity contribution >= 4 is 23.6 Å². The molecule has 0 saturated heterocycles. The van der Waals surface area contributed by atoms with E-state index in [1.165, 1.54) is 6.08 Å². The second-order valence-corrected chi connectivity index (χ2v) is 4.48. The minimum absolute atomic E-state index is 0.363. The van der Waals surface area contributed by atoms with Crippen LogP contribution in [-0.2, 0) is 9.53 Å². The number of aromatic nitrogens is 1. The highest BCUT2D eigenvalue weighted by molar-refractivity contribution is 6.30. The lowest BCUT2D eigenvalue weighted by atomic mass is 10.1. The van der Waals surface area contributed by atoms with Crippen LogP contribution in [0.15, 0.2) is 48.5 Å². The summed E-state index contributed by atoms with van der Waals surface area (Å²) in [7, 11) is 0. The van der Waals surface area contributed by atoms with E-state index in [9.17, 15) is 4.79 Å². The lowest BCUT2D eigenvalue weighted by Gasteiger charge is -2.02. The van der Waals surface area contributed by atoms with Crippen molar-refractivity contribution in [1.29, 1.82) is 0 Å². The highest BCUT2D eigenvalue weighted by Gasteiger charge is 2.00. The van der Waals surface area contributed by atoms with Crippen molar-refractivity contribution in [3.05, 3.63) is 59.3 Å². The van der Waals surface area contributed by atoms with Gasteiger partial charge in [-0.1, -0.05) is 29.8 Å². The van der Waals surface area contributed by atoms with E-state index in [2.05, 4.69) is 4.98 Å². The Bertz CT molecular complexity index is 621. The summed E-state index contributed by atoms with van der Waals surface area (Å²) in [6.45, 7) is 2.13. The number of esters is 1. The predicted molar refractivity (Wildman–Crippen MR) is 80.4 cm³/mol. The number of nitrogens with zero attached hydrogens (tertiary/aromatic N) is 1. The van der Waals surface area contributed by atoms with E-state index in [-0.39, 0.29) is 5.97 Å². The Morgan fingerprint density at radius 1 is 1.25 bits per heavy atom. The van der Waals surface area contributed by atoms with Crippen LogP contribution in [0, 0.1) is 0 Å². The van der Waals surface area contributed by atoms with Gasteiger partial charge in [0.2, 0.25) is 0 Å². The van der Waals surface area contributed by atoms with Gasteiger partial charge in [-0.05, 0) is 37.3 Å². The van der Waals surface area contributed by atoms with Gasteiger partial charge in [-0.25, -0.2) is 9.78 Å². The van der Waals surface area contributed by atoms with Gasteiger partial charge in [0, 0.05) is 16.7 Å². The van der Waals surface area contributed by atoms with Gasteiger partial charge in [0.05, 0.1) is 18.0 Å². The Labute approximate surface area is 122 Å². The Hall–Kier alpha value is -2.13. The molecule has 0 aliphatic heterocycles. The normalized spacial score (nSPS) is 10.7. The number of rotatable bonds is 4. The van der Waals surface area contributed by atoms with Crippen molar-refractivity contribution in [2.75, 3.05) is 6.61 Å². The number of hydrogen-bond donors (Lipinski definition) is 0. The maximum Gasteiger partial charge on any atom is 0.330 e. The molecule has 1 aromatic heterocycles. The van der Waals surface area contributed by atoms with Crippen LogP contribution in [0.1, 0.15) is 12.6 Å². The largest absolute Gasteiger partial charge is 0.463 e. The van der Waals surface area contributed by atoms with Crippen LogP contribution in [0.4, 0.5) is 0 Å². The molecule has 4 heteroatoms. The smallest absolute Gasteiger partial charge is 0.330 e. The molecule has 0 saturated carbocycles. The minimum Gasteiger partial charge on any atom is -0.463 e. The second-order valence-electron chi connectivity index (χ2n) is 4.04. The van der Waals surface area contributed by atoms with Gasteiger partial charge in [0.15, 0.2) is 0 Å². The highest BCUT2D eigenvalue weighted by Crippen LogP contribution is 2.20. The van der Waals surface area contributed by atoms with E-state index >= 15 is 0 Å². The summed E-state index contributed by atoms with van der Waals surface area (Å²) < 4.78 is 4.82. The average Bonchev–Trinajstić information content (AvgIpc) is 2.47. The van der Waals surface area contributed by atoms with Crippen molar-refractivity contribution in [1.82, 2.24) is 4.98 Å². The number of ether oxygens (including phenoxy) is 1. The Morgan fingerprint density at radius 2 is 2.00 bits per heavy atom. The first kappa shape index (κ1) is 14.3. The van der Waals surface area contributed by atoms with E-state index in [4.69, 9.17) is 16.3 Å². The van der Waals surface area contributed by atoms with E-state index in [0.717, 1.165) is 11.3 Å². The number of pyridine rings is 1. The molecule has 0 unspecified atom stereocenters. The molecule has 0 bridgehead atoms. The maximum absolute atomic E-state index is 11.3. The molecule has 0 aliphatic rings. The summed E-state index contributed by atoms with van der Waals surface area (Å²) in [5, 5.41) is 0.687. The third-order valence-electron chi connectivity index (χ3n) is 2.59. The molecule has 1 heterocycles. The van der Waals surface area contributed by atoms with Crippen molar-refractivity contribution in [3.8, 4) is 11.3 Å². The molecule has 0 N–H and O–H groups in total. The third-order valence-corrected chi connectivity index (χ3v) is 2.84. The monoisotopic (exact) mass is 287 g/mol. The van der Waals surface area contributed by atoms with Crippen LogP contribution < -0.4 is 0 Å². The maximum atomic E-state index is 11.3. The van der Waals surface area contributed by atoms with Gasteiger partial charge in [-0.15, -0.1) is 0 Å². The van der Waals surface area contributed by atoms with Gasteiger partial charge in [-0.2, -0.15) is 0 Å². The van der Waals surface area contributed by atoms with Crippen molar-refractivity contribution in [3.63, 3.8) is 0 Å². The molecule has 0 radical (unpaired) electrons.